The molecular formula is C10H11NO3. The third kappa shape index (κ3) is 1.08. The van der Waals surface area contributed by atoms with Gasteiger partial charge in [-0.05, 0) is 25.1 Å². The summed E-state index contributed by atoms with van der Waals surface area (Å²) in [4.78, 5) is 13.0. The second kappa shape index (κ2) is 2.99. The van der Waals surface area contributed by atoms with Gasteiger partial charge in [-0.1, -0.05) is 0 Å². The highest BCUT2D eigenvalue weighted by Crippen LogP contribution is 2.33. The molecule has 1 aromatic carbocycles. The molecule has 2 N–H and O–H groups in total. The molecule has 1 aliphatic rings. The molecule has 0 saturated carbocycles. The van der Waals surface area contributed by atoms with E-state index in [-0.39, 0.29) is 11.7 Å². The number of carbonyl (C=O) groups excluding carboxylic acids is 1. The number of aliphatic hydroxyl groups excluding tert-OH is 1. The van der Waals surface area contributed by atoms with Gasteiger partial charge in [-0.15, -0.1) is 0 Å². The molecule has 74 valence electrons. The monoisotopic (exact) mass is 193 g/mol. The Hall–Kier alpha value is -1.55. The Morgan fingerprint density at radius 1 is 1.50 bits per heavy atom. The Bertz CT molecular complexity index is 389. The molecule has 1 aliphatic heterocycles. The van der Waals surface area contributed by atoms with Gasteiger partial charge in [0.1, 0.15) is 5.75 Å². The Labute approximate surface area is 81.4 Å². The van der Waals surface area contributed by atoms with Gasteiger partial charge in [-0.3, -0.25) is 4.79 Å². The highest BCUT2D eigenvalue weighted by Gasteiger charge is 2.34. The molecule has 0 spiro atoms. The van der Waals surface area contributed by atoms with Crippen molar-refractivity contribution in [3.63, 3.8) is 0 Å². The van der Waals surface area contributed by atoms with Gasteiger partial charge in [0.2, 0.25) is 0 Å². The number of phenols is 1. The number of hydrogen-bond acceptors (Lipinski definition) is 3. The highest BCUT2D eigenvalue weighted by atomic mass is 16.3. The molecule has 0 saturated heterocycles. The standard InChI is InChI=1S/C10H11NO3/c1-2-11-9(13)7-4-3-6(12)5-8(7)10(11)14/h3-5,10,12,14H,2H2,1H3. The van der Waals surface area contributed by atoms with Crippen LogP contribution in [0, 0.1) is 0 Å². The lowest BCUT2D eigenvalue weighted by Gasteiger charge is -2.17. The van der Waals surface area contributed by atoms with Crippen molar-refractivity contribution in [3.8, 4) is 5.75 Å². The van der Waals surface area contributed by atoms with Gasteiger partial charge in [0.15, 0.2) is 6.23 Å². The number of aliphatic hydroxyl groups is 1. The average Bonchev–Trinajstić information content (AvgIpc) is 2.39. The molecule has 4 heteroatoms. The van der Waals surface area contributed by atoms with E-state index < -0.39 is 6.23 Å². The van der Waals surface area contributed by atoms with Gasteiger partial charge in [0.25, 0.3) is 5.91 Å². The van der Waals surface area contributed by atoms with Crippen molar-refractivity contribution in [1.29, 1.82) is 0 Å². The number of hydrogen-bond donors (Lipinski definition) is 2. The quantitative estimate of drug-likeness (QED) is 0.695. The van der Waals surface area contributed by atoms with Crippen LogP contribution < -0.4 is 0 Å². The van der Waals surface area contributed by atoms with Gasteiger partial charge in [0, 0.05) is 17.7 Å². The molecule has 14 heavy (non-hydrogen) atoms. The molecule has 1 unspecified atom stereocenters. The fourth-order valence-corrected chi connectivity index (χ4v) is 1.71. The number of aromatic hydroxyl groups is 1. The predicted molar refractivity (Wildman–Crippen MR) is 49.8 cm³/mol. The van der Waals surface area contributed by atoms with Crippen LogP contribution in [0.4, 0.5) is 0 Å². The lowest BCUT2D eigenvalue weighted by molar-refractivity contribution is 0.0202. The summed E-state index contributed by atoms with van der Waals surface area (Å²) in [5.41, 5.74) is 0.953. The van der Waals surface area contributed by atoms with Crippen LogP contribution >= 0.6 is 0 Å². The predicted octanol–water partition coefficient (Wildman–Crippen LogP) is 0.859. The second-order valence-electron chi connectivity index (χ2n) is 3.24. The zero-order valence-corrected chi connectivity index (χ0v) is 7.77. The summed E-state index contributed by atoms with van der Waals surface area (Å²) in [5, 5.41) is 18.9. The van der Waals surface area contributed by atoms with Crippen LogP contribution in [0.2, 0.25) is 0 Å². The molecule has 0 aromatic heterocycles. The topological polar surface area (TPSA) is 60.8 Å². The minimum atomic E-state index is -0.922. The van der Waals surface area contributed by atoms with Crippen molar-refractivity contribution < 1.29 is 15.0 Å². The second-order valence-corrected chi connectivity index (χ2v) is 3.24. The summed E-state index contributed by atoms with van der Waals surface area (Å²) in [6.07, 6.45) is -0.922. The number of carbonyl (C=O) groups is 1. The minimum absolute atomic E-state index is 0.0635. The third-order valence-corrected chi connectivity index (χ3v) is 2.44. The molecule has 1 amide bonds. The van der Waals surface area contributed by atoms with Crippen LogP contribution in [0.1, 0.15) is 29.1 Å². The molecule has 1 atom stereocenters. The fraction of sp³-hybridized carbons (Fsp3) is 0.300. The molecule has 0 fully saturated rings. The van der Waals surface area contributed by atoms with Crippen molar-refractivity contribution in [2.24, 2.45) is 0 Å². The van der Waals surface area contributed by atoms with Crippen LogP contribution in [-0.2, 0) is 0 Å². The van der Waals surface area contributed by atoms with Gasteiger partial charge in [-0.2, -0.15) is 0 Å². The SMILES string of the molecule is CCN1C(=O)c2ccc(O)cc2C1O. The van der Waals surface area contributed by atoms with Gasteiger partial charge in [-0.25, -0.2) is 0 Å². The number of phenolic OH excluding ortho intramolecular Hbond substituents is 1. The summed E-state index contributed by atoms with van der Waals surface area (Å²) in [6, 6.07) is 4.40. The Kier molecular flexibility index (Phi) is 1.93. The maximum atomic E-state index is 11.6. The smallest absolute Gasteiger partial charge is 0.256 e. The summed E-state index contributed by atoms with van der Waals surface area (Å²) >= 11 is 0. The summed E-state index contributed by atoms with van der Waals surface area (Å²) in [7, 11) is 0. The van der Waals surface area contributed by atoms with E-state index in [1.54, 1.807) is 6.92 Å². The maximum Gasteiger partial charge on any atom is 0.256 e. The lowest BCUT2D eigenvalue weighted by atomic mass is 10.1. The first kappa shape index (κ1) is 9.02. The number of nitrogens with zero attached hydrogens (tertiary/aromatic N) is 1. The van der Waals surface area contributed by atoms with Crippen molar-refractivity contribution in [1.82, 2.24) is 4.90 Å². The number of benzene rings is 1. The molecule has 0 radical (unpaired) electrons. The van der Waals surface area contributed by atoms with Gasteiger partial charge >= 0.3 is 0 Å². The largest absolute Gasteiger partial charge is 0.508 e. The van der Waals surface area contributed by atoms with Crippen molar-refractivity contribution in [2.45, 2.75) is 13.2 Å². The van der Waals surface area contributed by atoms with Gasteiger partial charge < -0.3 is 15.1 Å². The number of amides is 1. The summed E-state index contributed by atoms with van der Waals surface area (Å²) in [5.74, 6) is -0.122. The van der Waals surface area contributed by atoms with E-state index in [9.17, 15) is 15.0 Å². The molecule has 2 rings (SSSR count). The minimum Gasteiger partial charge on any atom is -0.508 e. The van der Waals surface area contributed by atoms with E-state index >= 15 is 0 Å². The molecule has 1 aromatic rings. The van der Waals surface area contributed by atoms with Crippen LogP contribution in [0.15, 0.2) is 18.2 Å². The normalized spacial score (nSPS) is 20.0. The lowest BCUT2D eigenvalue weighted by Crippen LogP contribution is -2.27. The first-order chi connectivity index (χ1) is 6.65. The van der Waals surface area contributed by atoms with E-state index in [1.807, 2.05) is 0 Å². The summed E-state index contributed by atoms with van der Waals surface area (Å²) in [6.45, 7) is 2.25. The fourth-order valence-electron chi connectivity index (χ4n) is 1.71. The van der Waals surface area contributed by atoms with E-state index in [0.717, 1.165) is 0 Å². The van der Waals surface area contributed by atoms with Crippen molar-refractivity contribution >= 4 is 5.91 Å². The van der Waals surface area contributed by atoms with Crippen molar-refractivity contribution in [3.05, 3.63) is 29.3 Å². The van der Waals surface area contributed by atoms with E-state index in [2.05, 4.69) is 0 Å². The zero-order chi connectivity index (χ0) is 10.3. The Balaban J connectivity index is 2.52. The Morgan fingerprint density at radius 3 is 2.86 bits per heavy atom. The third-order valence-electron chi connectivity index (χ3n) is 2.44. The van der Waals surface area contributed by atoms with E-state index in [4.69, 9.17) is 0 Å². The van der Waals surface area contributed by atoms with Crippen LogP contribution in [-0.4, -0.2) is 27.6 Å². The maximum absolute atomic E-state index is 11.6. The molecule has 0 bridgehead atoms. The first-order valence-corrected chi connectivity index (χ1v) is 4.47. The van der Waals surface area contributed by atoms with Crippen LogP contribution in [0.3, 0.4) is 0 Å². The number of rotatable bonds is 1. The van der Waals surface area contributed by atoms with E-state index in [0.29, 0.717) is 17.7 Å². The Morgan fingerprint density at radius 2 is 2.21 bits per heavy atom. The van der Waals surface area contributed by atoms with Gasteiger partial charge in [0.05, 0.1) is 0 Å². The van der Waals surface area contributed by atoms with Crippen molar-refractivity contribution in [2.75, 3.05) is 6.54 Å². The first-order valence-electron chi connectivity index (χ1n) is 4.47. The zero-order valence-electron chi connectivity index (χ0n) is 7.77. The molecule has 4 nitrogen and oxygen atoms in total. The van der Waals surface area contributed by atoms with Crippen LogP contribution in [0.5, 0.6) is 5.75 Å². The molecular weight excluding hydrogens is 182 g/mol. The summed E-state index contributed by atoms with van der Waals surface area (Å²) < 4.78 is 0. The average molecular weight is 193 g/mol. The highest BCUT2D eigenvalue weighted by molar-refractivity contribution is 5.99. The van der Waals surface area contributed by atoms with Crippen LogP contribution in [0.25, 0.3) is 0 Å². The number of fused-ring (bicyclic) bond motifs is 1. The molecule has 1 heterocycles. The molecule has 0 aliphatic carbocycles. The van der Waals surface area contributed by atoms with E-state index in [1.165, 1.54) is 23.1 Å².